The van der Waals surface area contributed by atoms with Crippen LogP contribution in [0.3, 0.4) is 0 Å². The number of fused-ring (bicyclic) bond motifs is 1. The number of hydrogen-bond acceptors (Lipinski definition) is 4. The fraction of sp³-hybridized carbons (Fsp3) is 0.250. The number of hydrogen-bond donors (Lipinski definition) is 1. The summed E-state index contributed by atoms with van der Waals surface area (Å²) >= 11 is 0. The van der Waals surface area contributed by atoms with E-state index in [-0.39, 0.29) is 11.4 Å². The highest BCUT2D eigenvalue weighted by Crippen LogP contribution is 2.33. The van der Waals surface area contributed by atoms with Crippen LogP contribution in [0.4, 0.5) is 0 Å². The van der Waals surface area contributed by atoms with E-state index in [0.717, 1.165) is 35.0 Å². The van der Waals surface area contributed by atoms with Crippen LogP contribution in [-0.2, 0) is 16.6 Å². The normalized spacial score (nSPS) is 15.0. The van der Waals surface area contributed by atoms with E-state index >= 15 is 0 Å². The van der Waals surface area contributed by atoms with Crippen LogP contribution in [0.15, 0.2) is 77.8 Å². The van der Waals surface area contributed by atoms with Crippen molar-refractivity contribution in [2.45, 2.75) is 43.2 Å². The Hall–Kier alpha value is -3.03. The van der Waals surface area contributed by atoms with E-state index in [1.165, 1.54) is 12.8 Å². The molecule has 31 heavy (non-hydrogen) atoms. The molecule has 1 aliphatic rings. The predicted octanol–water partition coefficient (Wildman–Crippen LogP) is 4.69. The molecule has 0 aliphatic heterocycles. The fourth-order valence-corrected chi connectivity index (χ4v) is 5.28. The quantitative estimate of drug-likeness (QED) is 0.479. The Bertz CT molecular complexity index is 1310. The van der Waals surface area contributed by atoms with Gasteiger partial charge >= 0.3 is 0 Å². The van der Waals surface area contributed by atoms with Gasteiger partial charge in [0.15, 0.2) is 0 Å². The summed E-state index contributed by atoms with van der Waals surface area (Å²) in [6.45, 7) is 0.134. The number of aromatic nitrogens is 3. The minimum absolute atomic E-state index is 0.134. The molecule has 1 saturated carbocycles. The second-order valence-corrected chi connectivity index (χ2v) is 9.72. The molecule has 5 rings (SSSR count). The molecule has 0 radical (unpaired) electrons. The number of benzene rings is 2. The molecule has 2 aromatic heterocycles. The number of sulfonamides is 1. The lowest BCUT2D eigenvalue weighted by Crippen LogP contribution is -2.23. The first-order chi connectivity index (χ1) is 15.1. The summed E-state index contributed by atoms with van der Waals surface area (Å²) in [4.78, 5) is 4.74. The van der Waals surface area contributed by atoms with E-state index in [2.05, 4.69) is 9.71 Å². The van der Waals surface area contributed by atoms with Crippen molar-refractivity contribution in [3.63, 3.8) is 0 Å². The largest absolute Gasteiger partial charge is 0.260 e. The zero-order valence-corrected chi connectivity index (χ0v) is 17.9. The van der Waals surface area contributed by atoms with Crippen LogP contribution in [0.1, 0.15) is 37.4 Å². The third-order valence-corrected chi connectivity index (χ3v) is 7.26. The third kappa shape index (κ3) is 4.11. The number of rotatable bonds is 6. The molecule has 1 N–H and O–H groups in total. The maximum atomic E-state index is 12.9. The lowest BCUT2D eigenvalue weighted by Gasteiger charge is -2.13. The Morgan fingerprint density at radius 1 is 0.935 bits per heavy atom. The Morgan fingerprint density at radius 2 is 1.71 bits per heavy atom. The van der Waals surface area contributed by atoms with Gasteiger partial charge in [0.25, 0.3) is 0 Å². The first-order valence-corrected chi connectivity index (χ1v) is 12.1. The summed E-state index contributed by atoms with van der Waals surface area (Å²) in [5.74, 6) is 0. The van der Waals surface area contributed by atoms with Crippen LogP contribution in [0.2, 0.25) is 0 Å². The van der Waals surface area contributed by atoms with Crippen molar-refractivity contribution in [3.8, 4) is 11.4 Å². The summed E-state index contributed by atoms with van der Waals surface area (Å²) in [7, 11) is -3.65. The fourth-order valence-electron chi connectivity index (χ4n) is 4.25. The molecule has 6 nitrogen and oxygen atoms in total. The van der Waals surface area contributed by atoms with E-state index in [4.69, 9.17) is 5.10 Å². The van der Waals surface area contributed by atoms with E-state index in [1.807, 2.05) is 59.3 Å². The van der Waals surface area contributed by atoms with Gasteiger partial charge in [0.05, 0.1) is 34.6 Å². The van der Waals surface area contributed by atoms with Gasteiger partial charge in [-0.15, -0.1) is 0 Å². The second kappa shape index (κ2) is 8.24. The van der Waals surface area contributed by atoms with E-state index in [9.17, 15) is 8.42 Å². The van der Waals surface area contributed by atoms with Crippen LogP contribution in [0.5, 0.6) is 0 Å². The van der Waals surface area contributed by atoms with Gasteiger partial charge < -0.3 is 0 Å². The monoisotopic (exact) mass is 432 g/mol. The Morgan fingerprint density at radius 3 is 2.48 bits per heavy atom. The highest BCUT2D eigenvalue weighted by molar-refractivity contribution is 7.89. The van der Waals surface area contributed by atoms with Gasteiger partial charge in [-0.25, -0.2) is 13.1 Å². The van der Waals surface area contributed by atoms with Gasteiger partial charge in [-0.1, -0.05) is 49.2 Å². The van der Waals surface area contributed by atoms with Gasteiger partial charge in [-0.3, -0.25) is 9.67 Å². The van der Waals surface area contributed by atoms with Crippen LogP contribution in [0, 0.1) is 0 Å². The number of nitrogens with zero attached hydrogens (tertiary/aromatic N) is 3. The van der Waals surface area contributed by atoms with Gasteiger partial charge in [0, 0.05) is 6.20 Å². The van der Waals surface area contributed by atoms with Crippen molar-refractivity contribution in [1.82, 2.24) is 19.5 Å². The van der Waals surface area contributed by atoms with Crippen molar-refractivity contribution >= 4 is 20.8 Å². The Labute approximate surface area is 182 Å². The average molecular weight is 433 g/mol. The van der Waals surface area contributed by atoms with Crippen LogP contribution < -0.4 is 4.72 Å². The zero-order chi connectivity index (χ0) is 21.3. The van der Waals surface area contributed by atoms with E-state index < -0.39 is 10.0 Å². The number of nitrogens with one attached hydrogen (secondary N) is 1. The lowest BCUT2D eigenvalue weighted by molar-refractivity contribution is 0.466. The van der Waals surface area contributed by atoms with Gasteiger partial charge in [0.2, 0.25) is 10.0 Å². The molecular formula is C24H24N4O2S. The molecule has 4 aromatic rings. The molecule has 0 spiro atoms. The van der Waals surface area contributed by atoms with Crippen molar-refractivity contribution < 1.29 is 8.42 Å². The van der Waals surface area contributed by atoms with Crippen LogP contribution >= 0.6 is 0 Å². The van der Waals surface area contributed by atoms with Gasteiger partial charge in [-0.2, -0.15) is 5.10 Å². The molecular weight excluding hydrogens is 408 g/mol. The second-order valence-electron chi connectivity index (χ2n) is 7.95. The third-order valence-electron chi connectivity index (χ3n) is 5.86. The summed E-state index contributed by atoms with van der Waals surface area (Å²) in [5.41, 5.74) is 2.48. The molecule has 0 bridgehead atoms. The predicted molar refractivity (Wildman–Crippen MR) is 121 cm³/mol. The molecule has 0 amide bonds. The molecule has 7 heteroatoms. The highest BCUT2D eigenvalue weighted by Gasteiger charge is 2.23. The molecule has 0 saturated heterocycles. The number of pyridine rings is 1. The molecule has 0 atom stereocenters. The van der Waals surface area contributed by atoms with Crippen molar-refractivity contribution in [1.29, 1.82) is 0 Å². The molecule has 0 unspecified atom stereocenters. The SMILES string of the molecule is O=S(=O)(NCc1cc(-c2ccccn2)n(C2CCCC2)n1)c1ccc2ccccc2c1. The maximum Gasteiger partial charge on any atom is 0.240 e. The Kier molecular flexibility index (Phi) is 5.29. The summed E-state index contributed by atoms with van der Waals surface area (Å²) in [6, 6.07) is 21.0. The average Bonchev–Trinajstić information content (AvgIpc) is 3.48. The first-order valence-electron chi connectivity index (χ1n) is 10.6. The highest BCUT2D eigenvalue weighted by atomic mass is 32.2. The minimum atomic E-state index is -3.65. The van der Waals surface area contributed by atoms with E-state index in [0.29, 0.717) is 11.7 Å². The molecule has 2 aromatic carbocycles. The summed E-state index contributed by atoms with van der Waals surface area (Å²) < 4.78 is 30.6. The first kappa shape index (κ1) is 19.9. The summed E-state index contributed by atoms with van der Waals surface area (Å²) in [6.07, 6.45) is 6.32. The molecule has 158 valence electrons. The molecule has 2 heterocycles. The van der Waals surface area contributed by atoms with Crippen molar-refractivity contribution in [2.24, 2.45) is 0 Å². The van der Waals surface area contributed by atoms with Crippen molar-refractivity contribution in [2.75, 3.05) is 0 Å². The minimum Gasteiger partial charge on any atom is -0.260 e. The van der Waals surface area contributed by atoms with Crippen molar-refractivity contribution in [3.05, 3.63) is 78.6 Å². The van der Waals surface area contributed by atoms with E-state index in [1.54, 1.807) is 18.3 Å². The Balaban J connectivity index is 1.41. The topological polar surface area (TPSA) is 76.9 Å². The maximum absolute atomic E-state index is 12.9. The lowest BCUT2D eigenvalue weighted by atomic mass is 10.1. The van der Waals surface area contributed by atoms with Gasteiger partial charge in [0.1, 0.15) is 0 Å². The van der Waals surface area contributed by atoms with Gasteiger partial charge in [-0.05, 0) is 53.9 Å². The molecule has 1 fully saturated rings. The standard InChI is InChI=1S/C24H24N4O2S/c29-31(30,22-13-12-18-7-1-2-8-19(18)15-22)26-17-20-16-24(23-11-5-6-14-25-23)28(27-20)21-9-3-4-10-21/h1-2,5-8,11-16,21,26H,3-4,9-10,17H2. The summed E-state index contributed by atoms with van der Waals surface area (Å²) in [5, 5.41) is 6.67. The zero-order valence-electron chi connectivity index (χ0n) is 17.1. The smallest absolute Gasteiger partial charge is 0.240 e. The van der Waals surface area contributed by atoms with Crippen LogP contribution in [0.25, 0.3) is 22.2 Å². The molecule has 1 aliphatic carbocycles. The van der Waals surface area contributed by atoms with Crippen LogP contribution in [-0.4, -0.2) is 23.2 Å².